The Hall–Kier alpha value is -6.95. The molecule has 57 heavy (non-hydrogen) atoms. The summed E-state index contributed by atoms with van der Waals surface area (Å²) in [7, 11) is 0. The number of nitrogens with zero attached hydrogens (tertiary/aromatic N) is 3. The van der Waals surface area contributed by atoms with Crippen LogP contribution in [0.1, 0.15) is 5.56 Å². The molecule has 0 fully saturated rings. The topological polar surface area (TPSA) is 43.9 Å². The first kappa shape index (κ1) is 32.3. The Kier molecular flexibility index (Phi) is 7.26. The van der Waals surface area contributed by atoms with Crippen LogP contribution < -0.4 is 0 Å². The summed E-state index contributed by atoms with van der Waals surface area (Å²) in [6, 6.07) is 62.7. The Bertz CT molecular complexity index is 3380. The van der Waals surface area contributed by atoms with Gasteiger partial charge in [-0.25, -0.2) is 9.97 Å². The van der Waals surface area contributed by atoms with Gasteiger partial charge in [-0.1, -0.05) is 158 Å². The Labute approximate surface area is 333 Å². The standard InChI is InChI=1S/C52H33N3OS/c1-2-12-32(13-3-1)33-24-26-36(27-25-33)47-51-48(37-16-6-4-15-35(37)30-31-57-51)54-52(53-47)42-20-11-23-45-46(42)41-19-10-22-44(50(41)56-45)55-43-21-9-8-18-39(43)40-29-28-34-14-5-7-17-38(34)49(40)55/h1-29H,30-31H2. The monoisotopic (exact) mass is 747 g/mol. The van der Waals surface area contributed by atoms with Crippen LogP contribution >= 0.6 is 11.8 Å². The van der Waals surface area contributed by atoms with Crippen LogP contribution in [0.25, 0.3) is 105 Å². The Morgan fingerprint density at radius 3 is 2.12 bits per heavy atom. The van der Waals surface area contributed by atoms with Crippen molar-refractivity contribution in [3.05, 3.63) is 181 Å². The molecule has 11 aromatic rings. The number of hydrogen-bond acceptors (Lipinski definition) is 4. The van der Waals surface area contributed by atoms with Crippen LogP contribution in [0.15, 0.2) is 185 Å². The number of furan rings is 1. The smallest absolute Gasteiger partial charge is 0.161 e. The lowest BCUT2D eigenvalue weighted by Crippen LogP contribution is -2.00. The summed E-state index contributed by atoms with van der Waals surface area (Å²) in [6.45, 7) is 0. The fourth-order valence-electron chi connectivity index (χ4n) is 8.95. The summed E-state index contributed by atoms with van der Waals surface area (Å²) in [6.07, 6.45) is 0.974. The predicted molar refractivity (Wildman–Crippen MR) is 237 cm³/mol. The number of para-hydroxylation sites is 2. The minimum atomic E-state index is 0.690. The fraction of sp³-hybridized carbons (Fsp3) is 0.0385. The van der Waals surface area contributed by atoms with Crippen molar-refractivity contribution in [2.45, 2.75) is 11.3 Å². The lowest BCUT2D eigenvalue weighted by atomic mass is 9.99. The van der Waals surface area contributed by atoms with Crippen molar-refractivity contribution in [2.75, 3.05) is 5.75 Å². The Morgan fingerprint density at radius 2 is 1.21 bits per heavy atom. The van der Waals surface area contributed by atoms with E-state index in [-0.39, 0.29) is 0 Å². The third kappa shape index (κ3) is 5.02. The van der Waals surface area contributed by atoms with E-state index in [2.05, 4.69) is 180 Å². The van der Waals surface area contributed by atoms with E-state index in [4.69, 9.17) is 14.4 Å². The molecule has 0 aliphatic carbocycles. The predicted octanol–water partition coefficient (Wildman–Crippen LogP) is 13.9. The molecule has 4 heterocycles. The van der Waals surface area contributed by atoms with Gasteiger partial charge in [0.1, 0.15) is 5.58 Å². The molecule has 8 aromatic carbocycles. The number of fused-ring (bicyclic) bond motifs is 11. The summed E-state index contributed by atoms with van der Waals surface area (Å²) < 4.78 is 9.35. The first-order chi connectivity index (χ1) is 28.3. The van der Waals surface area contributed by atoms with E-state index >= 15 is 0 Å². The van der Waals surface area contributed by atoms with E-state index < -0.39 is 0 Å². The van der Waals surface area contributed by atoms with E-state index in [1.54, 1.807) is 0 Å². The molecule has 12 rings (SSSR count). The van der Waals surface area contributed by atoms with E-state index in [1.165, 1.54) is 49.3 Å². The van der Waals surface area contributed by atoms with Crippen molar-refractivity contribution in [1.29, 1.82) is 0 Å². The van der Waals surface area contributed by atoms with Gasteiger partial charge >= 0.3 is 0 Å². The molecule has 0 N–H and O–H groups in total. The van der Waals surface area contributed by atoms with Gasteiger partial charge in [-0.05, 0) is 46.7 Å². The number of hydrogen-bond donors (Lipinski definition) is 0. The van der Waals surface area contributed by atoms with Crippen LogP contribution in [0.4, 0.5) is 0 Å². The maximum Gasteiger partial charge on any atom is 0.161 e. The summed E-state index contributed by atoms with van der Waals surface area (Å²) in [4.78, 5) is 12.1. The van der Waals surface area contributed by atoms with Crippen molar-refractivity contribution in [2.24, 2.45) is 0 Å². The summed E-state index contributed by atoms with van der Waals surface area (Å²) >= 11 is 1.86. The highest BCUT2D eigenvalue weighted by Crippen LogP contribution is 2.46. The van der Waals surface area contributed by atoms with E-state index in [0.717, 1.165) is 72.7 Å². The van der Waals surface area contributed by atoms with Crippen LogP contribution in [0.2, 0.25) is 0 Å². The van der Waals surface area contributed by atoms with Crippen LogP contribution in [0.3, 0.4) is 0 Å². The van der Waals surface area contributed by atoms with Crippen LogP contribution in [0, 0.1) is 0 Å². The molecule has 0 saturated carbocycles. The quantitative estimate of drug-likeness (QED) is 0.180. The molecule has 0 unspecified atom stereocenters. The first-order valence-corrected chi connectivity index (χ1v) is 20.4. The molecule has 5 heteroatoms. The molecule has 0 radical (unpaired) electrons. The van der Waals surface area contributed by atoms with Gasteiger partial charge in [0.05, 0.1) is 33.0 Å². The van der Waals surface area contributed by atoms with Gasteiger partial charge in [0.25, 0.3) is 0 Å². The number of aromatic nitrogens is 3. The lowest BCUT2D eigenvalue weighted by molar-refractivity contribution is 0.666. The van der Waals surface area contributed by atoms with E-state index in [1.807, 2.05) is 11.8 Å². The molecule has 0 amide bonds. The Morgan fingerprint density at radius 1 is 0.509 bits per heavy atom. The summed E-state index contributed by atoms with van der Waals surface area (Å²) in [5.74, 6) is 1.65. The number of aryl methyl sites for hydroxylation is 1. The number of benzene rings is 8. The average molecular weight is 748 g/mol. The highest BCUT2D eigenvalue weighted by Gasteiger charge is 2.26. The molecule has 268 valence electrons. The van der Waals surface area contributed by atoms with Gasteiger partial charge in [-0.3, -0.25) is 0 Å². The molecule has 1 aliphatic rings. The maximum atomic E-state index is 6.96. The largest absolute Gasteiger partial charge is 0.454 e. The van der Waals surface area contributed by atoms with Gasteiger partial charge in [0.15, 0.2) is 11.4 Å². The maximum absolute atomic E-state index is 6.96. The third-order valence-corrected chi connectivity index (χ3v) is 12.6. The molecule has 4 nitrogen and oxygen atoms in total. The molecular formula is C52H33N3OS. The first-order valence-electron chi connectivity index (χ1n) is 19.4. The number of thioether (sulfide) groups is 1. The average Bonchev–Trinajstić information content (AvgIpc) is 3.77. The molecular weight excluding hydrogens is 715 g/mol. The normalized spacial score (nSPS) is 12.7. The van der Waals surface area contributed by atoms with E-state index in [9.17, 15) is 0 Å². The highest BCUT2D eigenvalue weighted by atomic mass is 32.2. The molecule has 3 aromatic heterocycles. The van der Waals surface area contributed by atoms with Gasteiger partial charge in [-0.15, -0.1) is 11.8 Å². The summed E-state index contributed by atoms with van der Waals surface area (Å²) in [5.41, 5.74) is 13.8. The minimum Gasteiger partial charge on any atom is -0.454 e. The third-order valence-electron chi connectivity index (χ3n) is 11.6. The van der Waals surface area contributed by atoms with Gasteiger partial charge in [-0.2, -0.15) is 0 Å². The molecule has 0 saturated heterocycles. The van der Waals surface area contributed by atoms with Crippen LogP contribution in [-0.4, -0.2) is 20.3 Å². The highest BCUT2D eigenvalue weighted by molar-refractivity contribution is 7.99. The van der Waals surface area contributed by atoms with E-state index in [0.29, 0.717) is 5.82 Å². The summed E-state index contributed by atoms with van der Waals surface area (Å²) in [5, 5.41) is 6.90. The zero-order valence-corrected chi connectivity index (χ0v) is 31.6. The van der Waals surface area contributed by atoms with Crippen LogP contribution in [0.5, 0.6) is 0 Å². The minimum absolute atomic E-state index is 0.690. The Balaban J connectivity index is 1.11. The van der Waals surface area contributed by atoms with Crippen molar-refractivity contribution < 1.29 is 4.42 Å². The van der Waals surface area contributed by atoms with Crippen molar-refractivity contribution in [1.82, 2.24) is 14.5 Å². The molecule has 0 spiro atoms. The van der Waals surface area contributed by atoms with Crippen molar-refractivity contribution >= 4 is 66.3 Å². The van der Waals surface area contributed by atoms with Crippen molar-refractivity contribution in [3.8, 4) is 50.7 Å². The van der Waals surface area contributed by atoms with Gasteiger partial charge in [0, 0.05) is 49.4 Å². The number of rotatable bonds is 4. The van der Waals surface area contributed by atoms with Crippen LogP contribution in [-0.2, 0) is 6.42 Å². The molecule has 0 atom stereocenters. The molecule has 1 aliphatic heterocycles. The lowest BCUT2D eigenvalue weighted by Gasteiger charge is -2.15. The SMILES string of the molecule is c1ccc(-c2ccc(-c3nc(-c4cccc5oc6c(-n7c8ccccc8c8ccc9ccccc9c87)cccc6c45)nc4c3SCCc3ccccc3-4)cc2)cc1. The second-order valence-corrected chi connectivity index (χ2v) is 15.8. The fourth-order valence-corrected chi connectivity index (χ4v) is 10.1. The van der Waals surface area contributed by atoms with Crippen molar-refractivity contribution in [3.63, 3.8) is 0 Å². The molecule has 0 bridgehead atoms. The second-order valence-electron chi connectivity index (χ2n) is 14.7. The second kappa shape index (κ2) is 12.8. The zero-order valence-electron chi connectivity index (χ0n) is 30.8. The van der Waals surface area contributed by atoms with Gasteiger partial charge < -0.3 is 8.98 Å². The van der Waals surface area contributed by atoms with Gasteiger partial charge in [0.2, 0.25) is 0 Å². The zero-order chi connectivity index (χ0) is 37.5.